The fraction of sp³-hybridized carbons (Fsp3) is 0.464. The average molecular weight is 485 g/mol. The second kappa shape index (κ2) is 8.06. The minimum absolute atomic E-state index is 0.0271. The lowest BCUT2D eigenvalue weighted by atomic mass is 9.76. The van der Waals surface area contributed by atoms with Gasteiger partial charge < -0.3 is 24.5 Å². The Labute approximate surface area is 210 Å². The summed E-state index contributed by atoms with van der Waals surface area (Å²) in [6.45, 7) is 1.73. The van der Waals surface area contributed by atoms with Gasteiger partial charge in [0, 0.05) is 49.4 Å². The number of carbonyl (C=O) groups is 1. The fourth-order valence-corrected chi connectivity index (χ4v) is 6.48. The van der Waals surface area contributed by atoms with Gasteiger partial charge in [-0.3, -0.25) is 4.79 Å². The first kappa shape index (κ1) is 21.9. The van der Waals surface area contributed by atoms with Crippen LogP contribution in [0.3, 0.4) is 0 Å². The third kappa shape index (κ3) is 3.34. The van der Waals surface area contributed by atoms with Crippen LogP contribution in [0.5, 0.6) is 5.75 Å². The molecule has 4 aromatic rings. The van der Waals surface area contributed by atoms with Crippen molar-refractivity contribution in [2.75, 3.05) is 13.7 Å². The maximum atomic E-state index is 13.7. The monoisotopic (exact) mass is 484 g/mol. The van der Waals surface area contributed by atoms with Crippen LogP contribution in [0.4, 0.5) is 0 Å². The van der Waals surface area contributed by atoms with Gasteiger partial charge in [-0.2, -0.15) is 0 Å². The maximum Gasteiger partial charge on any atom is 0.254 e. The zero-order valence-corrected chi connectivity index (χ0v) is 20.9. The number of benzene rings is 1. The highest BCUT2D eigenvalue weighted by Crippen LogP contribution is 2.39. The third-order valence-electron chi connectivity index (χ3n) is 8.51. The third-order valence-corrected chi connectivity index (χ3v) is 8.51. The molecule has 186 valence electrons. The molecule has 1 amide bonds. The van der Waals surface area contributed by atoms with E-state index < -0.39 is 0 Å². The maximum absolute atomic E-state index is 13.7. The number of aromatic nitrogens is 4. The molecule has 3 atom stereocenters. The number of ether oxygens (including phenoxy) is 1. The van der Waals surface area contributed by atoms with Gasteiger partial charge in [0.1, 0.15) is 16.9 Å². The molecule has 3 aromatic heterocycles. The molecule has 2 saturated heterocycles. The van der Waals surface area contributed by atoms with Crippen LogP contribution in [0.15, 0.2) is 36.5 Å². The molecule has 4 aliphatic rings. The van der Waals surface area contributed by atoms with Gasteiger partial charge in [0.2, 0.25) is 0 Å². The van der Waals surface area contributed by atoms with Crippen molar-refractivity contribution in [1.82, 2.24) is 24.0 Å². The quantitative estimate of drug-likeness (QED) is 0.463. The van der Waals surface area contributed by atoms with Gasteiger partial charge in [0.05, 0.1) is 18.3 Å². The van der Waals surface area contributed by atoms with Crippen molar-refractivity contribution in [2.24, 2.45) is 24.6 Å². The summed E-state index contributed by atoms with van der Waals surface area (Å²) in [5.41, 5.74) is 10.7. The summed E-state index contributed by atoms with van der Waals surface area (Å²) in [5, 5.41) is 1.11. The van der Waals surface area contributed by atoms with Crippen LogP contribution < -0.4 is 10.5 Å². The zero-order chi connectivity index (χ0) is 24.6. The van der Waals surface area contributed by atoms with Crippen molar-refractivity contribution >= 4 is 28.0 Å². The summed E-state index contributed by atoms with van der Waals surface area (Å²) in [6, 6.07) is 10.2. The van der Waals surface area contributed by atoms with E-state index in [4.69, 9.17) is 15.5 Å². The molecule has 8 nitrogen and oxygen atoms in total. The van der Waals surface area contributed by atoms with Crippen molar-refractivity contribution in [1.29, 1.82) is 0 Å². The van der Waals surface area contributed by atoms with E-state index in [0.717, 1.165) is 65.9 Å². The van der Waals surface area contributed by atoms with Crippen LogP contribution in [-0.2, 0) is 13.6 Å². The Bertz CT molecular complexity index is 1500. The number of aryl methyl sites for hydroxylation is 1. The minimum atomic E-state index is 0.0271. The van der Waals surface area contributed by atoms with Gasteiger partial charge in [-0.1, -0.05) is 0 Å². The summed E-state index contributed by atoms with van der Waals surface area (Å²) in [4.78, 5) is 25.4. The van der Waals surface area contributed by atoms with Crippen LogP contribution in [0, 0.1) is 11.8 Å². The molecule has 8 rings (SSSR count). The van der Waals surface area contributed by atoms with Gasteiger partial charge in [-0.25, -0.2) is 9.97 Å². The molecule has 2 aliphatic heterocycles. The van der Waals surface area contributed by atoms with Crippen molar-refractivity contribution in [2.45, 2.75) is 50.7 Å². The van der Waals surface area contributed by atoms with E-state index in [1.54, 1.807) is 7.11 Å². The van der Waals surface area contributed by atoms with Gasteiger partial charge >= 0.3 is 0 Å². The molecule has 5 heterocycles. The zero-order valence-electron chi connectivity index (χ0n) is 20.9. The molecule has 8 heteroatoms. The standard InChI is InChI=1S/C28H32N6O2/c1-32-25-21(31-27(32)23-12-18-4-3-9-30-26(18)33(23)14-16-5-6-16)11-19(13-24(25)36-2)28(35)34-15-17-7-8-22(34)20(29)10-17/h3-4,9,11-13,16-17,20,22H,5-8,10,14-15,29H2,1-2H3/t17-,20-,22+/m1/s1. The van der Waals surface area contributed by atoms with Gasteiger partial charge in [-0.15, -0.1) is 0 Å². The summed E-state index contributed by atoms with van der Waals surface area (Å²) in [5.74, 6) is 2.74. The molecule has 36 heavy (non-hydrogen) atoms. The van der Waals surface area contributed by atoms with Crippen molar-refractivity contribution in [3.63, 3.8) is 0 Å². The lowest BCUT2D eigenvalue weighted by Gasteiger charge is -2.48. The number of piperidine rings is 2. The SMILES string of the molecule is COc1cc(C(=O)N2C[C@@H]3CC[C@H]2[C@H](N)C3)cc2nc(-c3cc4cccnc4n3CC3CC3)n(C)c12. The number of pyridine rings is 1. The molecule has 1 aromatic carbocycles. The number of methoxy groups -OCH3 is 1. The number of nitrogens with zero attached hydrogens (tertiary/aromatic N) is 5. The van der Waals surface area contributed by atoms with Crippen LogP contribution in [0.25, 0.3) is 33.6 Å². The van der Waals surface area contributed by atoms with E-state index in [0.29, 0.717) is 23.1 Å². The van der Waals surface area contributed by atoms with Crippen LogP contribution in [0.2, 0.25) is 0 Å². The first-order valence-electron chi connectivity index (χ1n) is 13.1. The predicted molar refractivity (Wildman–Crippen MR) is 139 cm³/mol. The highest BCUT2D eigenvalue weighted by atomic mass is 16.5. The van der Waals surface area contributed by atoms with E-state index in [1.165, 1.54) is 12.8 Å². The van der Waals surface area contributed by atoms with E-state index in [2.05, 4.69) is 26.3 Å². The molecule has 0 spiro atoms. The number of hydrogen-bond donors (Lipinski definition) is 1. The van der Waals surface area contributed by atoms with Crippen LogP contribution >= 0.6 is 0 Å². The number of nitrogens with two attached hydrogens (primary N) is 1. The Morgan fingerprint density at radius 2 is 2.06 bits per heavy atom. The summed E-state index contributed by atoms with van der Waals surface area (Å²) in [6.07, 6.45) is 7.54. The largest absolute Gasteiger partial charge is 0.494 e. The molecule has 2 bridgehead atoms. The smallest absolute Gasteiger partial charge is 0.254 e. The molecule has 2 saturated carbocycles. The first-order chi connectivity index (χ1) is 17.5. The topological polar surface area (TPSA) is 91.2 Å². The summed E-state index contributed by atoms with van der Waals surface area (Å²) >= 11 is 0. The lowest BCUT2D eigenvalue weighted by molar-refractivity contribution is 0.0249. The number of rotatable bonds is 5. The Morgan fingerprint density at radius 1 is 1.19 bits per heavy atom. The molecule has 0 unspecified atom stereocenters. The molecular weight excluding hydrogens is 452 g/mol. The highest BCUT2D eigenvalue weighted by Gasteiger charge is 2.41. The Kier molecular flexibility index (Phi) is 4.90. The Hall–Kier alpha value is -3.39. The number of imidazole rings is 1. The Balaban J connectivity index is 1.34. The van der Waals surface area contributed by atoms with E-state index in [9.17, 15) is 4.79 Å². The molecule has 2 N–H and O–H groups in total. The number of amides is 1. The molecule has 2 aliphatic carbocycles. The second-order valence-corrected chi connectivity index (χ2v) is 10.9. The predicted octanol–water partition coefficient (Wildman–Crippen LogP) is 3.96. The number of carbonyl (C=O) groups excluding carboxylic acids is 1. The second-order valence-electron chi connectivity index (χ2n) is 10.9. The summed E-state index contributed by atoms with van der Waals surface area (Å²) < 4.78 is 10.2. The van der Waals surface area contributed by atoms with E-state index in [-0.39, 0.29) is 18.0 Å². The van der Waals surface area contributed by atoms with Gasteiger partial charge in [-0.05, 0) is 74.3 Å². The molecular formula is C28H32N6O2. The Morgan fingerprint density at radius 3 is 2.81 bits per heavy atom. The minimum Gasteiger partial charge on any atom is -0.494 e. The summed E-state index contributed by atoms with van der Waals surface area (Å²) in [7, 11) is 3.67. The number of hydrogen-bond acceptors (Lipinski definition) is 5. The van der Waals surface area contributed by atoms with E-state index in [1.807, 2.05) is 36.3 Å². The molecule has 4 fully saturated rings. The van der Waals surface area contributed by atoms with Crippen LogP contribution in [-0.4, -0.2) is 55.6 Å². The van der Waals surface area contributed by atoms with Gasteiger partial charge in [0.25, 0.3) is 5.91 Å². The van der Waals surface area contributed by atoms with Crippen molar-refractivity contribution in [3.8, 4) is 17.3 Å². The molecule has 0 radical (unpaired) electrons. The normalized spacial score (nSPS) is 23.6. The van der Waals surface area contributed by atoms with E-state index >= 15 is 0 Å². The lowest BCUT2D eigenvalue weighted by Crippen LogP contribution is -2.60. The first-order valence-corrected chi connectivity index (χ1v) is 13.1. The average Bonchev–Trinajstić information content (AvgIpc) is 3.56. The van der Waals surface area contributed by atoms with Gasteiger partial charge in [0.15, 0.2) is 5.82 Å². The van der Waals surface area contributed by atoms with Crippen molar-refractivity contribution < 1.29 is 9.53 Å². The fourth-order valence-electron chi connectivity index (χ4n) is 6.48. The van der Waals surface area contributed by atoms with Crippen LogP contribution in [0.1, 0.15) is 42.5 Å². The highest BCUT2D eigenvalue weighted by molar-refractivity contribution is 6.00. The number of fused-ring (bicyclic) bond motifs is 5. The van der Waals surface area contributed by atoms with Crippen molar-refractivity contribution in [3.05, 3.63) is 42.1 Å².